The molecule has 162 valence electrons. The summed E-state index contributed by atoms with van der Waals surface area (Å²) in [5.74, 6) is 0.975. The van der Waals surface area contributed by atoms with E-state index < -0.39 is 0 Å². The third-order valence-corrected chi connectivity index (χ3v) is 5.94. The van der Waals surface area contributed by atoms with Crippen LogP contribution >= 0.6 is 11.3 Å². The number of carbonyl (C=O) groups excluding carboxylic acids is 2. The van der Waals surface area contributed by atoms with Crippen molar-refractivity contribution in [2.24, 2.45) is 5.10 Å². The van der Waals surface area contributed by atoms with E-state index in [4.69, 9.17) is 9.47 Å². The van der Waals surface area contributed by atoms with Gasteiger partial charge in [0.2, 0.25) is 18.6 Å². The molecule has 1 aromatic heterocycles. The highest BCUT2D eigenvalue weighted by molar-refractivity contribution is 7.14. The molecule has 5 rings (SSSR count). The number of hydrogen-bond donors (Lipinski definition) is 1. The smallest absolute Gasteiger partial charge is 0.243 e. The first-order valence-corrected chi connectivity index (χ1v) is 11.1. The first kappa shape index (κ1) is 20.2. The molecule has 0 aliphatic carbocycles. The van der Waals surface area contributed by atoms with E-state index in [1.807, 2.05) is 53.9 Å². The van der Waals surface area contributed by atoms with Crippen molar-refractivity contribution in [1.82, 2.24) is 9.99 Å². The molecule has 0 radical (unpaired) electrons. The first-order chi connectivity index (χ1) is 15.7. The summed E-state index contributed by atoms with van der Waals surface area (Å²) in [6.45, 7) is 0.752. The molecule has 0 bridgehead atoms. The van der Waals surface area contributed by atoms with Crippen LogP contribution < -0.4 is 14.8 Å². The SMILES string of the molecule is O=C(CCC(=O)N1CCC(c2ccccc2)=N1)Nc1nc(-c2ccc3c(c2)OCO3)cs1. The molecule has 0 spiro atoms. The first-order valence-electron chi connectivity index (χ1n) is 10.2. The Morgan fingerprint density at radius 3 is 2.75 bits per heavy atom. The third kappa shape index (κ3) is 4.33. The molecule has 0 atom stereocenters. The van der Waals surface area contributed by atoms with Crippen LogP contribution in [0.5, 0.6) is 11.5 Å². The van der Waals surface area contributed by atoms with Crippen LogP contribution in [0.3, 0.4) is 0 Å². The molecule has 9 heteroatoms. The maximum Gasteiger partial charge on any atom is 0.243 e. The second-order valence-corrected chi connectivity index (χ2v) is 8.19. The summed E-state index contributed by atoms with van der Waals surface area (Å²) in [6.07, 6.45) is 0.881. The fourth-order valence-electron chi connectivity index (χ4n) is 3.52. The number of nitrogens with zero attached hydrogens (tertiary/aromatic N) is 3. The van der Waals surface area contributed by atoms with Crippen molar-refractivity contribution >= 4 is 34.0 Å². The predicted octanol–water partition coefficient (Wildman–Crippen LogP) is 3.89. The van der Waals surface area contributed by atoms with E-state index in [1.165, 1.54) is 16.3 Å². The number of anilines is 1. The highest BCUT2D eigenvalue weighted by Crippen LogP contribution is 2.36. The number of ether oxygens (including phenoxy) is 2. The van der Waals surface area contributed by atoms with Crippen molar-refractivity contribution in [3.63, 3.8) is 0 Å². The lowest BCUT2D eigenvalue weighted by molar-refractivity contribution is -0.132. The zero-order valence-electron chi connectivity index (χ0n) is 17.1. The predicted molar refractivity (Wildman–Crippen MR) is 121 cm³/mol. The van der Waals surface area contributed by atoms with Gasteiger partial charge in [-0.3, -0.25) is 9.59 Å². The Balaban J connectivity index is 1.14. The van der Waals surface area contributed by atoms with Crippen molar-refractivity contribution in [3.8, 4) is 22.8 Å². The van der Waals surface area contributed by atoms with Crippen LogP contribution in [0.1, 0.15) is 24.8 Å². The monoisotopic (exact) mass is 448 g/mol. The van der Waals surface area contributed by atoms with Crippen LogP contribution in [-0.4, -0.2) is 40.9 Å². The van der Waals surface area contributed by atoms with Gasteiger partial charge in [-0.25, -0.2) is 9.99 Å². The fourth-order valence-corrected chi connectivity index (χ4v) is 4.26. The van der Waals surface area contributed by atoms with Crippen molar-refractivity contribution < 1.29 is 19.1 Å². The number of benzene rings is 2. The van der Waals surface area contributed by atoms with Gasteiger partial charge in [-0.05, 0) is 23.8 Å². The van der Waals surface area contributed by atoms with Gasteiger partial charge in [-0.2, -0.15) is 5.10 Å². The van der Waals surface area contributed by atoms with E-state index in [9.17, 15) is 9.59 Å². The Morgan fingerprint density at radius 2 is 1.88 bits per heavy atom. The molecule has 3 heterocycles. The average Bonchev–Trinajstić information content (AvgIpc) is 3.58. The Hall–Kier alpha value is -3.72. The van der Waals surface area contributed by atoms with Crippen molar-refractivity contribution in [2.45, 2.75) is 19.3 Å². The molecule has 0 saturated carbocycles. The average molecular weight is 449 g/mol. The topological polar surface area (TPSA) is 93.1 Å². The van der Waals surface area contributed by atoms with Crippen LogP contribution in [0.2, 0.25) is 0 Å². The van der Waals surface area contributed by atoms with Crippen LogP contribution in [0.15, 0.2) is 59.0 Å². The summed E-state index contributed by atoms with van der Waals surface area (Å²) < 4.78 is 10.7. The molecule has 1 N–H and O–H groups in total. The van der Waals surface area contributed by atoms with Crippen LogP contribution in [0, 0.1) is 0 Å². The van der Waals surface area contributed by atoms with Gasteiger partial charge in [-0.1, -0.05) is 30.3 Å². The fraction of sp³-hybridized carbons (Fsp3) is 0.217. The highest BCUT2D eigenvalue weighted by Gasteiger charge is 2.22. The standard InChI is InChI=1S/C23H20N4O4S/c28-21(8-9-22(29)27-11-10-17(26-27)15-4-2-1-3-5-15)25-23-24-18(13-32-23)16-6-7-19-20(12-16)31-14-30-19/h1-7,12-13H,8-11,14H2,(H,24,25,28). The number of nitrogens with one attached hydrogen (secondary N) is 1. The molecule has 2 aliphatic heterocycles. The summed E-state index contributed by atoms with van der Waals surface area (Å²) >= 11 is 1.33. The van der Waals surface area contributed by atoms with Crippen LogP contribution in [0.4, 0.5) is 5.13 Å². The van der Waals surface area contributed by atoms with E-state index in [0.29, 0.717) is 29.6 Å². The maximum atomic E-state index is 12.5. The van der Waals surface area contributed by atoms with Crippen molar-refractivity contribution in [3.05, 3.63) is 59.5 Å². The Morgan fingerprint density at radius 1 is 1.03 bits per heavy atom. The van der Waals surface area contributed by atoms with Gasteiger partial charge in [0, 0.05) is 30.2 Å². The zero-order valence-corrected chi connectivity index (χ0v) is 17.9. The largest absolute Gasteiger partial charge is 0.454 e. The quantitative estimate of drug-likeness (QED) is 0.618. The van der Waals surface area contributed by atoms with Gasteiger partial charge in [-0.15, -0.1) is 11.3 Å². The van der Waals surface area contributed by atoms with Gasteiger partial charge in [0.25, 0.3) is 0 Å². The third-order valence-electron chi connectivity index (χ3n) is 5.18. The summed E-state index contributed by atoms with van der Waals surface area (Å²) in [6, 6.07) is 15.4. The lowest BCUT2D eigenvalue weighted by atomic mass is 10.1. The summed E-state index contributed by atoms with van der Waals surface area (Å²) in [7, 11) is 0. The molecule has 2 aromatic carbocycles. The molecule has 0 unspecified atom stereocenters. The number of thiazole rings is 1. The van der Waals surface area contributed by atoms with Crippen LogP contribution in [0.25, 0.3) is 11.3 Å². The summed E-state index contributed by atoms with van der Waals surface area (Å²) in [4.78, 5) is 29.3. The second-order valence-electron chi connectivity index (χ2n) is 7.33. The number of carbonyl (C=O) groups is 2. The van der Waals surface area contributed by atoms with Crippen LogP contribution in [-0.2, 0) is 9.59 Å². The van der Waals surface area contributed by atoms with E-state index in [-0.39, 0.29) is 31.4 Å². The Labute approximate surface area is 188 Å². The number of fused-ring (bicyclic) bond motifs is 1. The van der Waals surface area contributed by atoms with Gasteiger partial charge in [0.15, 0.2) is 16.6 Å². The van der Waals surface area contributed by atoms with Gasteiger partial charge in [0.05, 0.1) is 18.0 Å². The van der Waals surface area contributed by atoms with E-state index in [1.54, 1.807) is 0 Å². The summed E-state index contributed by atoms with van der Waals surface area (Å²) in [5.41, 5.74) is 3.52. The lowest BCUT2D eigenvalue weighted by Gasteiger charge is -2.10. The molecule has 3 aromatic rings. The van der Waals surface area contributed by atoms with Crippen molar-refractivity contribution in [1.29, 1.82) is 0 Å². The Bertz CT molecular complexity index is 1190. The summed E-state index contributed by atoms with van der Waals surface area (Å²) in [5, 5.41) is 11.0. The number of hydrogen-bond acceptors (Lipinski definition) is 7. The lowest BCUT2D eigenvalue weighted by Crippen LogP contribution is -2.24. The van der Waals surface area contributed by atoms with E-state index >= 15 is 0 Å². The molecule has 0 saturated heterocycles. The molecule has 32 heavy (non-hydrogen) atoms. The zero-order chi connectivity index (χ0) is 21.9. The van der Waals surface area contributed by atoms with Gasteiger partial charge in [0.1, 0.15) is 0 Å². The number of rotatable bonds is 6. The molecule has 8 nitrogen and oxygen atoms in total. The van der Waals surface area contributed by atoms with Gasteiger partial charge < -0.3 is 14.8 Å². The maximum absolute atomic E-state index is 12.5. The Kier molecular flexibility index (Phi) is 5.55. The normalized spacial score (nSPS) is 14.4. The number of hydrazone groups is 1. The minimum atomic E-state index is -0.253. The highest BCUT2D eigenvalue weighted by atomic mass is 32.1. The minimum Gasteiger partial charge on any atom is -0.454 e. The molecule has 0 fully saturated rings. The number of aromatic nitrogens is 1. The second kappa shape index (κ2) is 8.80. The minimum absolute atomic E-state index is 0.0739. The molecule has 2 aliphatic rings. The van der Waals surface area contributed by atoms with Crippen molar-refractivity contribution in [2.75, 3.05) is 18.7 Å². The molecule has 2 amide bonds. The van der Waals surface area contributed by atoms with E-state index in [2.05, 4.69) is 15.4 Å². The number of amides is 2. The molecular formula is C23H20N4O4S. The molecular weight excluding hydrogens is 428 g/mol. The van der Waals surface area contributed by atoms with E-state index in [0.717, 1.165) is 22.5 Å². The van der Waals surface area contributed by atoms with Gasteiger partial charge >= 0.3 is 0 Å².